The van der Waals surface area contributed by atoms with Crippen molar-refractivity contribution in [3.63, 3.8) is 0 Å². The van der Waals surface area contributed by atoms with Crippen molar-refractivity contribution in [2.24, 2.45) is 0 Å². The van der Waals surface area contributed by atoms with E-state index in [9.17, 15) is 15.0 Å². The Balaban J connectivity index is 1.65. The summed E-state index contributed by atoms with van der Waals surface area (Å²) in [5.41, 5.74) is 1.96. The van der Waals surface area contributed by atoms with Crippen molar-refractivity contribution in [3.05, 3.63) is 35.4 Å². The van der Waals surface area contributed by atoms with Crippen LogP contribution in [-0.4, -0.2) is 57.6 Å². The predicted molar refractivity (Wildman–Crippen MR) is 94.1 cm³/mol. The van der Waals surface area contributed by atoms with Crippen molar-refractivity contribution in [1.29, 1.82) is 0 Å². The van der Waals surface area contributed by atoms with Crippen LogP contribution in [0.3, 0.4) is 0 Å². The van der Waals surface area contributed by atoms with Gasteiger partial charge in [-0.25, -0.2) is 4.79 Å². The number of aliphatic hydroxyl groups is 2. The topological polar surface area (TPSA) is 82.0 Å². The summed E-state index contributed by atoms with van der Waals surface area (Å²) >= 11 is 0. The quantitative estimate of drug-likeness (QED) is 0.753. The molecule has 0 spiro atoms. The molecular weight excluding hydrogens is 320 g/mol. The van der Waals surface area contributed by atoms with E-state index in [-0.39, 0.29) is 6.04 Å². The van der Waals surface area contributed by atoms with Gasteiger partial charge in [-0.15, -0.1) is 0 Å². The molecule has 1 aliphatic heterocycles. The second-order valence-corrected chi connectivity index (χ2v) is 8.03. The summed E-state index contributed by atoms with van der Waals surface area (Å²) in [4.78, 5) is 14.1. The first-order chi connectivity index (χ1) is 11.7. The molecule has 6 heteroatoms. The average Bonchev–Trinajstić information content (AvgIpc) is 2.79. The van der Waals surface area contributed by atoms with Crippen LogP contribution in [-0.2, 0) is 17.7 Å². The predicted octanol–water partition coefficient (Wildman–Crippen LogP) is 1.43. The molecule has 25 heavy (non-hydrogen) atoms. The van der Waals surface area contributed by atoms with Crippen molar-refractivity contribution < 1.29 is 19.7 Å². The van der Waals surface area contributed by atoms with Crippen LogP contribution in [0, 0.1) is 0 Å². The van der Waals surface area contributed by atoms with Crippen molar-refractivity contribution in [3.8, 4) is 0 Å². The standard InChI is InChI=1S/C19H28N2O4/c1-19(2,3)25-18(24)20-14-10-15(22)16(17(14)23)21-9-8-12-6-4-5-7-13(12)11-21/h4-7,14-17,22-23H,8-11H2,1-3H3,(H,20,24)/t14-,15+,16-,17-/m1/s1. The van der Waals surface area contributed by atoms with Gasteiger partial charge in [-0.2, -0.15) is 0 Å². The molecule has 0 bridgehead atoms. The fourth-order valence-electron chi connectivity index (χ4n) is 3.84. The molecule has 0 saturated heterocycles. The number of carbonyl (C=O) groups excluding carboxylic acids is 1. The van der Waals surface area contributed by atoms with Gasteiger partial charge in [0.05, 0.1) is 24.3 Å². The van der Waals surface area contributed by atoms with Gasteiger partial charge in [0.15, 0.2) is 0 Å². The zero-order valence-corrected chi connectivity index (χ0v) is 15.1. The third kappa shape index (κ3) is 4.14. The number of amides is 1. The highest BCUT2D eigenvalue weighted by Crippen LogP contribution is 2.30. The van der Waals surface area contributed by atoms with Crippen LogP contribution in [0.15, 0.2) is 24.3 Å². The highest BCUT2D eigenvalue weighted by atomic mass is 16.6. The Morgan fingerprint density at radius 3 is 2.60 bits per heavy atom. The summed E-state index contributed by atoms with van der Waals surface area (Å²) < 4.78 is 5.25. The minimum atomic E-state index is -0.826. The number of hydrogen-bond acceptors (Lipinski definition) is 5. The molecule has 138 valence electrons. The maximum absolute atomic E-state index is 12.0. The molecular formula is C19H28N2O4. The van der Waals surface area contributed by atoms with Crippen molar-refractivity contribution >= 4 is 6.09 Å². The number of nitrogens with zero attached hydrogens (tertiary/aromatic N) is 1. The average molecular weight is 348 g/mol. The number of aliphatic hydroxyl groups excluding tert-OH is 2. The second kappa shape index (κ2) is 6.94. The van der Waals surface area contributed by atoms with Crippen LogP contribution in [0.5, 0.6) is 0 Å². The van der Waals surface area contributed by atoms with Crippen LogP contribution < -0.4 is 5.32 Å². The number of rotatable bonds is 2. The van der Waals surface area contributed by atoms with Crippen molar-refractivity contribution in [2.45, 2.75) is 70.1 Å². The fraction of sp³-hybridized carbons (Fsp3) is 0.632. The van der Waals surface area contributed by atoms with Crippen molar-refractivity contribution in [2.75, 3.05) is 6.54 Å². The number of alkyl carbamates (subject to hydrolysis) is 1. The Hall–Kier alpha value is -1.63. The smallest absolute Gasteiger partial charge is 0.407 e. The Labute approximate surface area is 148 Å². The van der Waals surface area contributed by atoms with Gasteiger partial charge in [-0.05, 0) is 44.7 Å². The first-order valence-corrected chi connectivity index (χ1v) is 8.91. The number of benzene rings is 1. The van der Waals surface area contributed by atoms with Gasteiger partial charge in [0.1, 0.15) is 5.60 Å². The molecule has 1 aromatic carbocycles. The van der Waals surface area contributed by atoms with Crippen LogP contribution in [0.1, 0.15) is 38.3 Å². The van der Waals surface area contributed by atoms with Gasteiger partial charge in [0.2, 0.25) is 0 Å². The Morgan fingerprint density at radius 2 is 1.92 bits per heavy atom. The summed E-state index contributed by atoms with van der Waals surface area (Å²) in [5.74, 6) is 0. The maximum atomic E-state index is 12.0. The molecule has 2 aliphatic rings. The molecule has 0 radical (unpaired) electrons. The first kappa shape index (κ1) is 18.2. The Bertz CT molecular complexity index is 628. The summed E-state index contributed by atoms with van der Waals surface area (Å²) in [7, 11) is 0. The van der Waals surface area contributed by atoms with Gasteiger partial charge in [0.25, 0.3) is 0 Å². The SMILES string of the molecule is CC(C)(C)OC(=O)N[C@@H]1C[C@H](O)[C@@H](N2CCc3ccccc3C2)[C@@H]1O. The molecule has 3 N–H and O–H groups in total. The maximum Gasteiger partial charge on any atom is 0.407 e. The molecule has 1 fully saturated rings. The number of ether oxygens (including phenoxy) is 1. The molecule has 1 amide bonds. The third-order valence-corrected chi connectivity index (χ3v) is 4.94. The van der Waals surface area contributed by atoms with Crippen molar-refractivity contribution in [1.82, 2.24) is 10.2 Å². The zero-order chi connectivity index (χ0) is 18.2. The highest BCUT2D eigenvalue weighted by Gasteiger charge is 2.46. The van der Waals surface area contributed by atoms with Gasteiger partial charge >= 0.3 is 6.09 Å². The molecule has 1 heterocycles. The van der Waals surface area contributed by atoms with E-state index < -0.39 is 29.9 Å². The zero-order valence-electron chi connectivity index (χ0n) is 15.1. The second-order valence-electron chi connectivity index (χ2n) is 8.03. The normalized spacial score (nSPS) is 30.0. The van der Waals surface area contributed by atoms with E-state index in [0.717, 1.165) is 13.0 Å². The molecule has 1 saturated carbocycles. The minimum Gasteiger partial charge on any atom is -0.444 e. The number of nitrogens with one attached hydrogen (secondary N) is 1. The molecule has 0 aromatic heterocycles. The van der Waals surface area contributed by atoms with E-state index in [2.05, 4.69) is 22.3 Å². The fourth-order valence-corrected chi connectivity index (χ4v) is 3.84. The summed E-state index contributed by atoms with van der Waals surface area (Å²) in [6.07, 6.45) is -0.846. The van der Waals surface area contributed by atoms with Gasteiger partial charge < -0.3 is 20.3 Å². The monoisotopic (exact) mass is 348 g/mol. The molecule has 3 rings (SSSR count). The van der Waals surface area contributed by atoms with Crippen LogP contribution in [0.2, 0.25) is 0 Å². The third-order valence-electron chi connectivity index (χ3n) is 4.94. The van der Waals surface area contributed by atoms with E-state index >= 15 is 0 Å². The Kier molecular flexibility index (Phi) is 5.04. The van der Waals surface area contributed by atoms with E-state index in [1.54, 1.807) is 20.8 Å². The first-order valence-electron chi connectivity index (χ1n) is 8.91. The number of carbonyl (C=O) groups is 1. The van der Waals surface area contributed by atoms with E-state index in [0.29, 0.717) is 13.0 Å². The Morgan fingerprint density at radius 1 is 1.24 bits per heavy atom. The van der Waals surface area contributed by atoms with Crippen LogP contribution in [0.4, 0.5) is 4.79 Å². The lowest BCUT2D eigenvalue weighted by molar-refractivity contribution is -0.000763. The van der Waals surface area contributed by atoms with Crippen LogP contribution in [0.25, 0.3) is 0 Å². The molecule has 1 aliphatic carbocycles. The lowest BCUT2D eigenvalue weighted by Gasteiger charge is -2.37. The van der Waals surface area contributed by atoms with Crippen LogP contribution >= 0.6 is 0 Å². The summed E-state index contributed by atoms with van der Waals surface area (Å²) in [6, 6.07) is 7.37. The van der Waals surface area contributed by atoms with E-state index in [1.165, 1.54) is 11.1 Å². The molecule has 6 nitrogen and oxygen atoms in total. The lowest BCUT2D eigenvalue weighted by Crippen LogP contribution is -2.52. The van der Waals surface area contributed by atoms with Gasteiger partial charge in [-0.1, -0.05) is 24.3 Å². The van der Waals surface area contributed by atoms with Gasteiger partial charge in [0, 0.05) is 13.1 Å². The molecule has 0 unspecified atom stereocenters. The lowest BCUT2D eigenvalue weighted by atomic mass is 9.97. The number of hydrogen-bond donors (Lipinski definition) is 3. The summed E-state index contributed by atoms with van der Waals surface area (Å²) in [5, 5.41) is 23.9. The number of fused-ring (bicyclic) bond motifs is 1. The molecule has 4 atom stereocenters. The highest BCUT2D eigenvalue weighted by molar-refractivity contribution is 5.68. The largest absolute Gasteiger partial charge is 0.444 e. The van der Waals surface area contributed by atoms with E-state index in [1.807, 2.05) is 12.1 Å². The van der Waals surface area contributed by atoms with Gasteiger partial charge in [-0.3, -0.25) is 4.90 Å². The minimum absolute atomic E-state index is 0.323. The summed E-state index contributed by atoms with van der Waals surface area (Å²) in [6.45, 7) is 6.87. The molecule has 1 aromatic rings. The van der Waals surface area contributed by atoms with E-state index in [4.69, 9.17) is 4.74 Å².